The predicted octanol–water partition coefficient (Wildman–Crippen LogP) is 7.32. The molecule has 1 saturated heterocycles. The Kier molecular flexibility index (Phi) is 8.04. The van der Waals surface area contributed by atoms with Crippen molar-refractivity contribution >= 4 is 34.8 Å². The number of para-hydroxylation sites is 1. The maximum absolute atomic E-state index is 13.3. The lowest BCUT2D eigenvalue weighted by atomic mass is 9.74. The monoisotopic (exact) mass is 549 g/mol. The summed E-state index contributed by atoms with van der Waals surface area (Å²) in [6.45, 7) is 8.89. The smallest absolute Gasteiger partial charge is 0.253 e. The summed E-state index contributed by atoms with van der Waals surface area (Å²) in [5, 5.41) is 4.75. The first-order chi connectivity index (χ1) is 18.2. The van der Waals surface area contributed by atoms with Crippen molar-refractivity contribution in [2.24, 2.45) is 0 Å². The van der Waals surface area contributed by atoms with Crippen LogP contribution >= 0.6 is 23.2 Å². The number of carbonyl (C=O) groups excluding carboxylic acids is 1. The van der Waals surface area contributed by atoms with Crippen LogP contribution in [0.1, 0.15) is 57.8 Å². The number of anilines is 1. The molecule has 0 saturated carbocycles. The Labute approximate surface area is 236 Å². The number of nitrogens with zero attached hydrogens (tertiary/aromatic N) is 2. The molecule has 3 aromatic rings. The van der Waals surface area contributed by atoms with Crippen molar-refractivity contribution in [1.29, 1.82) is 0 Å². The molecule has 4 nitrogen and oxygen atoms in total. The molecule has 2 heterocycles. The third kappa shape index (κ3) is 5.73. The summed E-state index contributed by atoms with van der Waals surface area (Å²) in [6, 6.07) is 20.7. The fourth-order valence-electron chi connectivity index (χ4n) is 6.31. The zero-order valence-corrected chi connectivity index (χ0v) is 24.1. The van der Waals surface area contributed by atoms with Gasteiger partial charge in [0.1, 0.15) is 0 Å². The van der Waals surface area contributed by atoms with Crippen LogP contribution in [0, 0.1) is 13.8 Å². The number of halogens is 2. The molecule has 0 radical (unpaired) electrons. The Balaban J connectivity index is 1.27. The first kappa shape index (κ1) is 27.1. The fraction of sp³-hybridized carbons (Fsp3) is 0.406. The van der Waals surface area contributed by atoms with Gasteiger partial charge >= 0.3 is 0 Å². The molecule has 5 rings (SSSR count). The van der Waals surface area contributed by atoms with Crippen LogP contribution < -0.4 is 5.32 Å². The fourth-order valence-corrected chi connectivity index (χ4v) is 6.62. The molecule has 6 heteroatoms. The molecule has 3 aromatic carbocycles. The van der Waals surface area contributed by atoms with Crippen molar-refractivity contribution in [1.82, 2.24) is 9.80 Å². The molecule has 0 unspecified atom stereocenters. The second-order valence-electron chi connectivity index (χ2n) is 11.2. The largest absolute Gasteiger partial charge is 0.384 e. The van der Waals surface area contributed by atoms with Gasteiger partial charge in [-0.3, -0.25) is 4.79 Å². The number of carbonyl (C=O) groups is 1. The van der Waals surface area contributed by atoms with Gasteiger partial charge in [0.05, 0.1) is 10.0 Å². The minimum Gasteiger partial charge on any atom is -0.384 e. The van der Waals surface area contributed by atoms with Crippen LogP contribution in [0.4, 0.5) is 5.69 Å². The van der Waals surface area contributed by atoms with Crippen LogP contribution in [-0.4, -0.2) is 55.5 Å². The highest BCUT2D eigenvalue weighted by Gasteiger charge is 2.41. The highest BCUT2D eigenvalue weighted by Crippen LogP contribution is 2.44. The number of hydrogen-bond acceptors (Lipinski definition) is 3. The van der Waals surface area contributed by atoms with Crippen LogP contribution in [-0.2, 0) is 5.41 Å². The molecule has 1 atom stereocenters. The van der Waals surface area contributed by atoms with Gasteiger partial charge in [-0.1, -0.05) is 64.7 Å². The highest BCUT2D eigenvalue weighted by molar-refractivity contribution is 6.42. The Hall–Kier alpha value is -2.53. The van der Waals surface area contributed by atoms with Crippen LogP contribution in [0.25, 0.3) is 0 Å². The molecule has 1 amide bonds. The van der Waals surface area contributed by atoms with Crippen molar-refractivity contribution < 1.29 is 4.79 Å². The summed E-state index contributed by atoms with van der Waals surface area (Å²) >= 11 is 12.7. The molecule has 2 aliphatic heterocycles. The van der Waals surface area contributed by atoms with Gasteiger partial charge in [0.2, 0.25) is 0 Å². The molecule has 1 N–H and O–H groups in total. The van der Waals surface area contributed by atoms with E-state index in [1.54, 1.807) is 0 Å². The summed E-state index contributed by atoms with van der Waals surface area (Å²) in [5.74, 6) is 0.212. The number of amides is 1. The maximum Gasteiger partial charge on any atom is 0.253 e. The summed E-state index contributed by atoms with van der Waals surface area (Å²) in [4.78, 5) is 17.8. The molecular weight excluding hydrogens is 513 g/mol. The second-order valence-corrected chi connectivity index (χ2v) is 12.1. The normalized spacial score (nSPS) is 17.2. The quantitative estimate of drug-likeness (QED) is 0.335. The lowest BCUT2D eigenvalue weighted by Crippen LogP contribution is -2.44. The van der Waals surface area contributed by atoms with E-state index in [-0.39, 0.29) is 17.2 Å². The van der Waals surface area contributed by atoms with Crippen LogP contribution in [0.5, 0.6) is 0 Å². The van der Waals surface area contributed by atoms with Crippen LogP contribution in [0.2, 0.25) is 10.0 Å². The van der Waals surface area contributed by atoms with Crippen molar-refractivity contribution in [3.8, 4) is 0 Å². The summed E-state index contributed by atoms with van der Waals surface area (Å²) in [6.07, 6.45) is 3.28. The molecule has 1 spiro atoms. The van der Waals surface area contributed by atoms with E-state index in [0.29, 0.717) is 16.6 Å². The minimum atomic E-state index is 0.0502. The molecule has 0 aliphatic carbocycles. The number of likely N-dealkylation sites (N-methyl/N-ethyl adjacent to an activating group) is 1. The van der Waals surface area contributed by atoms with Crippen molar-refractivity contribution in [2.75, 3.05) is 45.1 Å². The lowest BCUT2D eigenvalue weighted by molar-refractivity contribution is 0.0780. The molecule has 0 bridgehead atoms. The summed E-state index contributed by atoms with van der Waals surface area (Å²) in [7, 11) is 1.90. The molecule has 1 fully saturated rings. The molecule has 0 aromatic heterocycles. The SMILES string of the molecule is Cc1cc(C)cc(C(=O)N(C)C[C@@H](CCN2CCC3(CC2)CNc2ccccc23)c2ccc(Cl)c(Cl)c2)c1. The van der Waals surface area contributed by atoms with Gasteiger partial charge in [-0.15, -0.1) is 0 Å². The molecule has 38 heavy (non-hydrogen) atoms. The number of benzene rings is 3. The third-order valence-electron chi connectivity index (χ3n) is 8.45. The standard InChI is InChI=1S/C32H37Cl2N3O/c1-22-16-23(2)18-26(17-22)31(38)36(3)20-25(24-8-9-28(33)29(34)19-24)10-13-37-14-11-32(12-15-37)21-35-30-7-5-4-6-27(30)32/h4-9,16-19,25,35H,10-15,20-21H2,1-3H3/t25-/m1/s1. The number of likely N-dealkylation sites (tertiary alicyclic amines) is 1. The number of fused-ring (bicyclic) bond motifs is 2. The number of piperidine rings is 1. The summed E-state index contributed by atoms with van der Waals surface area (Å²) in [5.41, 5.74) is 7.12. The van der Waals surface area contributed by atoms with Gasteiger partial charge in [0.25, 0.3) is 5.91 Å². The van der Waals surface area contributed by atoms with E-state index in [2.05, 4.69) is 46.6 Å². The Morgan fingerprint density at radius 3 is 2.42 bits per heavy atom. The summed E-state index contributed by atoms with van der Waals surface area (Å²) < 4.78 is 0. The average molecular weight is 551 g/mol. The average Bonchev–Trinajstić information content (AvgIpc) is 3.26. The van der Waals surface area contributed by atoms with E-state index in [1.165, 1.54) is 24.1 Å². The predicted molar refractivity (Wildman–Crippen MR) is 159 cm³/mol. The highest BCUT2D eigenvalue weighted by atomic mass is 35.5. The number of rotatable bonds is 7. The topological polar surface area (TPSA) is 35.6 Å². The maximum atomic E-state index is 13.3. The molecule has 200 valence electrons. The Morgan fingerprint density at radius 1 is 1.00 bits per heavy atom. The van der Waals surface area contributed by atoms with Gasteiger partial charge in [-0.2, -0.15) is 0 Å². The number of aryl methyl sites for hydroxylation is 2. The van der Waals surface area contributed by atoms with E-state index >= 15 is 0 Å². The third-order valence-corrected chi connectivity index (χ3v) is 9.19. The number of nitrogens with one attached hydrogen (secondary N) is 1. The Morgan fingerprint density at radius 2 is 1.71 bits per heavy atom. The zero-order valence-electron chi connectivity index (χ0n) is 22.6. The van der Waals surface area contributed by atoms with E-state index < -0.39 is 0 Å². The van der Waals surface area contributed by atoms with Crippen LogP contribution in [0.3, 0.4) is 0 Å². The van der Waals surface area contributed by atoms with Crippen LogP contribution in [0.15, 0.2) is 60.7 Å². The van der Waals surface area contributed by atoms with Gasteiger partial charge < -0.3 is 15.1 Å². The van der Waals surface area contributed by atoms with E-state index in [1.807, 2.05) is 50.1 Å². The first-order valence-electron chi connectivity index (χ1n) is 13.6. The zero-order chi connectivity index (χ0) is 26.9. The van der Waals surface area contributed by atoms with E-state index in [0.717, 1.165) is 54.9 Å². The lowest BCUT2D eigenvalue weighted by Gasteiger charge is -2.40. The van der Waals surface area contributed by atoms with Gasteiger partial charge in [0, 0.05) is 42.7 Å². The van der Waals surface area contributed by atoms with Gasteiger partial charge in [-0.05, 0) is 94.2 Å². The molecule has 2 aliphatic rings. The van der Waals surface area contributed by atoms with Gasteiger partial charge in [0.15, 0.2) is 0 Å². The van der Waals surface area contributed by atoms with E-state index in [4.69, 9.17) is 23.2 Å². The second kappa shape index (κ2) is 11.3. The Bertz CT molecular complexity index is 1300. The first-order valence-corrected chi connectivity index (χ1v) is 14.3. The van der Waals surface area contributed by atoms with Gasteiger partial charge in [-0.25, -0.2) is 0 Å². The van der Waals surface area contributed by atoms with Crippen molar-refractivity contribution in [2.45, 2.75) is 44.4 Å². The molecular formula is C32H37Cl2N3O. The minimum absolute atomic E-state index is 0.0502. The van der Waals surface area contributed by atoms with E-state index in [9.17, 15) is 4.79 Å². The van der Waals surface area contributed by atoms with Crippen molar-refractivity contribution in [3.05, 3.63) is 98.5 Å². The number of hydrogen-bond donors (Lipinski definition) is 1. The van der Waals surface area contributed by atoms with Crippen molar-refractivity contribution in [3.63, 3.8) is 0 Å².